The molecule has 0 amide bonds. The van der Waals surface area contributed by atoms with Gasteiger partial charge in [-0.2, -0.15) is 0 Å². The van der Waals surface area contributed by atoms with Crippen LogP contribution in [0.3, 0.4) is 0 Å². The van der Waals surface area contributed by atoms with Gasteiger partial charge in [-0.05, 0) is 13.8 Å². The summed E-state index contributed by atoms with van der Waals surface area (Å²) in [5.74, 6) is -0.880. The summed E-state index contributed by atoms with van der Waals surface area (Å²) >= 11 is 0. The second-order valence-corrected chi connectivity index (χ2v) is 2.07. The fourth-order valence-electron chi connectivity index (χ4n) is 0.446. The van der Waals surface area contributed by atoms with Crippen molar-refractivity contribution < 1.29 is 9.90 Å². The SMILES string of the molecule is C\C=C/C=C\C=C(/C)C(=O)O. The van der Waals surface area contributed by atoms with E-state index in [-0.39, 0.29) is 0 Å². The highest BCUT2D eigenvalue weighted by Crippen LogP contribution is 1.92. The highest BCUT2D eigenvalue weighted by molar-refractivity contribution is 5.86. The van der Waals surface area contributed by atoms with Gasteiger partial charge in [-0.15, -0.1) is 0 Å². The minimum atomic E-state index is -0.880. The Morgan fingerprint density at radius 1 is 1.27 bits per heavy atom. The van der Waals surface area contributed by atoms with Crippen LogP contribution in [0.15, 0.2) is 36.0 Å². The zero-order chi connectivity index (χ0) is 8.69. The monoisotopic (exact) mass is 152 g/mol. The minimum absolute atomic E-state index is 0.339. The van der Waals surface area contributed by atoms with Crippen LogP contribution in [0, 0.1) is 0 Å². The smallest absolute Gasteiger partial charge is 0.331 e. The van der Waals surface area contributed by atoms with Gasteiger partial charge in [0.25, 0.3) is 0 Å². The normalized spacial score (nSPS) is 13.1. The maximum atomic E-state index is 10.2. The van der Waals surface area contributed by atoms with E-state index >= 15 is 0 Å². The average Bonchev–Trinajstić information content (AvgIpc) is 1.97. The van der Waals surface area contributed by atoms with E-state index in [4.69, 9.17) is 5.11 Å². The van der Waals surface area contributed by atoms with Crippen LogP contribution >= 0.6 is 0 Å². The number of carboxylic acid groups (broad SMARTS) is 1. The second kappa shape index (κ2) is 5.47. The molecule has 0 saturated heterocycles. The molecule has 0 spiro atoms. The van der Waals surface area contributed by atoms with E-state index < -0.39 is 5.97 Å². The van der Waals surface area contributed by atoms with Crippen molar-refractivity contribution in [3.05, 3.63) is 36.0 Å². The van der Waals surface area contributed by atoms with Crippen LogP contribution in [0.25, 0.3) is 0 Å². The molecule has 0 radical (unpaired) electrons. The van der Waals surface area contributed by atoms with Crippen molar-refractivity contribution in [1.29, 1.82) is 0 Å². The van der Waals surface area contributed by atoms with Crippen molar-refractivity contribution in [1.82, 2.24) is 0 Å². The lowest BCUT2D eigenvalue weighted by Gasteiger charge is -1.86. The Balaban J connectivity index is 4.01. The molecule has 0 aromatic rings. The van der Waals surface area contributed by atoms with Gasteiger partial charge in [-0.3, -0.25) is 0 Å². The Morgan fingerprint density at radius 2 is 1.91 bits per heavy atom. The molecular weight excluding hydrogens is 140 g/mol. The molecule has 11 heavy (non-hydrogen) atoms. The number of carboxylic acids is 1. The molecule has 0 saturated carbocycles. The number of aliphatic carboxylic acids is 1. The molecule has 0 fully saturated rings. The van der Waals surface area contributed by atoms with Crippen molar-refractivity contribution in [2.24, 2.45) is 0 Å². The summed E-state index contributed by atoms with van der Waals surface area (Å²) in [6.45, 7) is 3.46. The molecule has 0 unspecified atom stereocenters. The first-order valence-electron chi connectivity index (χ1n) is 3.38. The molecular formula is C9H12O2. The number of hydrogen-bond donors (Lipinski definition) is 1. The lowest BCUT2D eigenvalue weighted by atomic mass is 10.3. The minimum Gasteiger partial charge on any atom is -0.478 e. The van der Waals surface area contributed by atoms with E-state index in [1.54, 1.807) is 25.2 Å². The van der Waals surface area contributed by atoms with Gasteiger partial charge in [0.05, 0.1) is 0 Å². The third-order valence-electron chi connectivity index (χ3n) is 1.10. The summed E-state index contributed by atoms with van der Waals surface area (Å²) in [7, 11) is 0. The van der Waals surface area contributed by atoms with Crippen molar-refractivity contribution >= 4 is 5.97 Å². The van der Waals surface area contributed by atoms with Crippen LogP contribution in [-0.4, -0.2) is 11.1 Å². The average molecular weight is 152 g/mol. The molecule has 0 aliphatic heterocycles. The van der Waals surface area contributed by atoms with E-state index in [1.807, 2.05) is 19.1 Å². The van der Waals surface area contributed by atoms with Crippen molar-refractivity contribution in [3.63, 3.8) is 0 Å². The first kappa shape index (κ1) is 9.69. The quantitative estimate of drug-likeness (QED) is 0.497. The fourth-order valence-corrected chi connectivity index (χ4v) is 0.446. The summed E-state index contributed by atoms with van der Waals surface area (Å²) in [5, 5.41) is 8.42. The van der Waals surface area contributed by atoms with E-state index in [0.29, 0.717) is 5.57 Å². The molecule has 0 aliphatic carbocycles. The third kappa shape index (κ3) is 5.15. The van der Waals surface area contributed by atoms with Gasteiger partial charge >= 0.3 is 5.97 Å². The molecule has 60 valence electrons. The van der Waals surface area contributed by atoms with Crippen molar-refractivity contribution in [2.45, 2.75) is 13.8 Å². The van der Waals surface area contributed by atoms with Gasteiger partial charge in [0.1, 0.15) is 0 Å². The summed E-state index contributed by atoms with van der Waals surface area (Å²) in [6, 6.07) is 0. The highest BCUT2D eigenvalue weighted by atomic mass is 16.4. The van der Waals surface area contributed by atoms with Crippen LogP contribution in [0.5, 0.6) is 0 Å². The van der Waals surface area contributed by atoms with Gasteiger partial charge in [-0.25, -0.2) is 4.79 Å². The fraction of sp³-hybridized carbons (Fsp3) is 0.222. The summed E-state index contributed by atoms with van der Waals surface area (Å²) < 4.78 is 0. The maximum absolute atomic E-state index is 10.2. The Hall–Kier alpha value is -1.31. The topological polar surface area (TPSA) is 37.3 Å². The summed E-state index contributed by atoms with van der Waals surface area (Å²) in [5.41, 5.74) is 0.339. The number of allylic oxidation sites excluding steroid dienone is 5. The molecule has 0 aliphatic rings. The molecule has 0 aromatic carbocycles. The summed E-state index contributed by atoms with van der Waals surface area (Å²) in [4.78, 5) is 10.2. The van der Waals surface area contributed by atoms with Gasteiger partial charge in [0.15, 0.2) is 0 Å². The molecule has 0 heterocycles. The highest BCUT2D eigenvalue weighted by Gasteiger charge is 1.94. The van der Waals surface area contributed by atoms with Crippen LogP contribution < -0.4 is 0 Å². The maximum Gasteiger partial charge on any atom is 0.331 e. The third-order valence-corrected chi connectivity index (χ3v) is 1.10. The van der Waals surface area contributed by atoms with E-state index in [9.17, 15) is 4.79 Å². The van der Waals surface area contributed by atoms with Crippen LogP contribution in [0.1, 0.15) is 13.8 Å². The molecule has 2 nitrogen and oxygen atoms in total. The van der Waals surface area contributed by atoms with E-state index in [0.717, 1.165) is 0 Å². The molecule has 0 rings (SSSR count). The molecule has 1 N–H and O–H groups in total. The van der Waals surface area contributed by atoms with Crippen LogP contribution in [0.2, 0.25) is 0 Å². The largest absolute Gasteiger partial charge is 0.478 e. The van der Waals surface area contributed by atoms with Crippen molar-refractivity contribution in [2.75, 3.05) is 0 Å². The second-order valence-electron chi connectivity index (χ2n) is 2.07. The number of rotatable bonds is 3. The van der Waals surface area contributed by atoms with Crippen molar-refractivity contribution in [3.8, 4) is 0 Å². The predicted octanol–water partition coefficient (Wildman–Crippen LogP) is 2.15. The zero-order valence-corrected chi connectivity index (χ0v) is 6.74. The summed E-state index contributed by atoms with van der Waals surface area (Å²) in [6.07, 6.45) is 8.75. The lowest BCUT2D eigenvalue weighted by Crippen LogP contribution is -1.94. The first-order valence-corrected chi connectivity index (χ1v) is 3.38. The Kier molecular flexibility index (Phi) is 4.82. The van der Waals surface area contributed by atoms with Gasteiger partial charge < -0.3 is 5.11 Å². The molecule has 0 atom stereocenters. The molecule has 2 heteroatoms. The Morgan fingerprint density at radius 3 is 2.36 bits per heavy atom. The van der Waals surface area contributed by atoms with E-state index in [1.165, 1.54) is 0 Å². The molecule has 0 aromatic heterocycles. The lowest BCUT2D eigenvalue weighted by molar-refractivity contribution is -0.132. The number of hydrogen-bond acceptors (Lipinski definition) is 1. The Labute approximate surface area is 66.5 Å². The predicted molar refractivity (Wildman–Crippen MR) is 45.3 cm³/mol. The van der Waals surface area contributed by atoms with E-state index in [2.05, 4.69) is 0 Å². The standard InChI is InChI=1S/C9H12O2/c1-3-4-5-6-7-8(2)9(10)11/h3-7H,1-2H3,(H,10,11)/b4-3-,6-5-,8-7+. The van der Waals surface area contributed by atoms with Gasteiger partial charge in [-0.1, -0.05) is 30.4 Å². The first-order chi connectivity index (χ1) is 5.18. The zero-order valence-electron chi connectivity index (χ0n) is 6.74. The molecule has 0 bridgehead atoms. The van der Waals surface area contributed by atoms with Gasteiger partial charge in [0.2, 0.25) is 0 Å². The van der Waals surface area contributed by atoms with Crippen LogP contribution in [-0.2, 0) is 4.79 Å². The van der Waals surface area contributed by atoms with Crippen LogP contribution in [0.4, 0.5) is 0 Å². The Bertz CT molecular complexity index is 210. The number of carbonyl (C=O) groups is 1. The van der Waals surface area contributed by atoms with Gasteiger partial charge in [0, 0.05) is 5.57 Å².